The molecule has 19 heavy (non-hydrogen) atoms. The summed E-state index contributed by atoms with van der Waals surface area (Å²) in [5, 5.41) is 11.1. The van der Waals surface area contributed by atoms with Crippen LogP contribution in [0, 0.1) is 11.9 Å². The standard InChI is InChI=1S/C14H9BrFN2O/c15-8-5-10-11(7-18-14(10)17-6-8)13(19)9-3-1-2-4-12(9)16/h1-3,5-7,13,19H,(H,17,18). The number of benzene rings is 1. The van der Waals surface area contributed by atoms with Gasteiger partial charge in [0.05, 0.1) is 0 Å². The number of H-pyrrole nitrogens is 1. The average Bonchev–Trinajstić information content (AvgIpc) is 2.81. The molecule has 1 unspecified atom stereocenters. The van der Waals surface area contributed by atoms with E-state index in [4.69, 9.17) is 0 Å². The molecule has 3 rings (SSSR count). The van der Waals surface area contributed by atoms with Crippen LogP contribution >= 0.6 is 15.9 Å². The minimum Gasteiger partial charge on any atom is -0.383 e. The van der Waals surface area contributed by atoms with E-state index in [1.165, 1.54) is 6.07 Å². The van der Waals surface area contributed by atoms with E-state index >= 15 is 0 Å². The van der Waals surface area contributed by atoms with Crippen molar-refractivity contribution in [3.05, 3.63) is 64.1 Å². The number of halogens is 2. The third-order valence-electron chi connectivity index (χ3n) is 2.95. The normalized spacial score (nSPS) is 12.8. The molecule has 0 aliphatic rings. The molecule has 0 saturated carbocycles. The molecule has 2 N–H and O–H groups in total. The molecule has 95 valence electrons. The van der Waals surface area contributed by atoms with Crippen LogP contribution in [0.4, 0.5) is 4.39 Å². The maximum atomic E-state index is 13.7. The van der Waals surface area contributed by atoms with E-state index in [1.807, 2.05) is 6.07 Å². The number of fused-ring (bicyclic) bond motifs is 1. The van der Waals surface area contributed by atoms with Gasteiger partial charge >= 0.3 is 0 Å². The zero-order valence-electron chi connectivity index (χ0n) is 9.69. The van der Waals surface area contributed by atoms with Crippen LogP contribution in [-0.2, 0) is 0 Å². The molecule has 2 heterocycles. The Morgan fingerprint density at radius 2 is 2.26 bits per heavy atom. The topological polar surface area (TPSA) is 48.9 Å². The van der Waals surface area contributed by atoms with Crippen LogP contribution in [-0.4, -0.2) is 15.1 Å². The molecule has 3 aromatic rings. The number of nitrogens with one attached hydrogen (secondary N) is 1. The highest BCUT2D eigenvalue weighted by Crippen LogP contribution is 2.30. The highest BCUT2D eigenvalue weighted by molar-refractivity contribution is 9.10. The van der Waals surface area contributed by atoms with Gasteiger partial charge in [0, 0.05) is 39.4 Å². The number of aromatic amines is 1. The first-order valence-electron chi connectivity index (χ1n) is 5.63. The number of nitrogens with zero attached hydrogens (tertiary/aromatic N) is 1. The number of aliphatic hydroxyl groups is 1. The van der Waals surface area contributed by atoms with Crippen molar-refractivity contribution < 1.29 is 9.50 Å². The third kappa shape index (κ3) is 2.15. The molecule has 0 saturated heterocycles. The summed E-state index contributed by atoms with van der Waals surface area (Å²) in [6, 6.07) is 8.93. The van der Waals surface area contributed by atoms with Crippen LogP contribution in [0.25, 0.3) is 11.0 Å². The van der Waals surface area contributed by atoms with E-state index < -0.39 is 11.9 Å². The molecule has 3 nitrogen and oxygen atoms in total. The smallest absolute Gasteiger partial charge is 0.137 e. The molecule has 1 radical (unpaired) electrons. The van der Waals surface area contributed by atoms with Crippen LogP contribution < -0.4 is 0 Å². The lowest BCUT2D eigenvalue weighted by Crippen LogP contribution is -2.01. The van der Waals surface area contributed by atoms with Gasteiger partial charge in [-0.2, -0.15) is 0 Å². The molecule has 2 aromatic heterocycles. The van der Waals surface area contributed by atoms with Gasteiger partial charge in [-0.05, 0) is 22.0 Å². The molecular formula is C14H9BrFN2O. The minimum atomic E-state index is -1.05. The molecule has 0 spiro atoms. The van der Waals surface area contributed by atoms with Crippen molar-refractivity contribution in [1.29, 1.82) is 0 Å². The first-order valence-corrected chi connectivity index (χ1v) is 6.43. The quantitative estimate of drug-likeness (QED) is 0.761. The second-order valence-corrected chi connectivity index (χ2v) is 5.05. The van der Waals surface area contributed by atoms with Crippen LogP contribution in [0.2, 0.25) is 0 Å². The van der Waals surface area contributed by atoms with Gasteiger partial charge in [0.15, 0.2) is 0 Å². The van der Waals surface area contributed by atoms with Gasteiger partial charge in [-0.25, -0.2) is 9.37 Å². The lowest BCUT2D eigenvalue weighted by Gasteiger charge is -2.10. The lowest BCUT2D eigenvalue weighted by molar-refractivity contribution is 0.216. The zero-order valence-corrected chi connectivity index (χ0v) is 11.3. The highest BCUT2D eigenvalue weighted by Gasteiger charge is 2.18. The molecule has 5 heteroatoms. The van der Waals surface area contributed by atoms with Gasteiger partial charge in [-0.15, -0.1) is 0 Å². The molecule has 0 fully saturated rings. The Morgan fingerprint density at radius 1 is 1.42 bits per heavy atom. The summed E-state index contributed by atoms with van der Waals surface area (Å²) in [6.07, 6.45) is 2.25. The van der Waals surface area contributed by atoms with E-state index in [-0.39, 0.29) is 5.56 Å². The van der Waals surface area contributed by atoms with Crippen molar-refractivity contribution in [2.75, 3.05) is 0 Å². The molecular weight excluding hydrogens is 311 g/mol. The summed E-state index contributed by atoms with van der Waals surface area (Å²) in [7, 11) is 0. The average molecular weight is 320 g/mol. The number of hydrogen-bond donors (Lipinski definition) is 2. The molecule has 1 aromatic carbocycles. The van der Waals surface area contributed by atoms with Crippen molar-refractivity contribution in [1.82, 2.24) is 9.97 Å². The number of aromatic nitrogens is 2. The van der Waals surface area contributed by atoms with Gasteiger partial charge < -0.3 is 10.1 Å². The fourth-order valence-electron chi connectivity index (χ4n) is 2.03. The minimum absolute atomic E-state index is 0.198. The first kappa shape index (κ1) is 12.3. The maximum absolute atomic E-state index is 13.7. The lowest BCUT2D eigenvalue weighted by atomic mass is 10.0. The maximum Gasteiger partial charge on any atom is 0.137 e. The van der Waals surface area contributed by atoms with E-state index in [0.29, 0.717) is 11.2 Å². The van der Waals surface area contributed by atoms with Gasteiger partial charge in [0.2, 0.25) is 0 Å². The Hall–Kier alpha value is -1.72. The second kappa shape index (κ2) is 4.75. The number of hydrogen-bond acceptors (Lipinski definition) is 2. The van der Waals surface area contributed by atoms with E-state index in [9.17, 15) is 9.50 Å². The third-order valence-corrected chi connectivity index (χ3v) is 3.39. The summed E-state index contributed by atoms with van der Waals surface area (Å²) in [4.78, 5) is 7.15. The summed E-state index contributed by atoms with van der Waals surface area (Å²) in [5.74, 6) is -0.549. The predicted molar refractivity (Wildman–Crippen MR) is 73.1 cm³/mol. The van der Waals surface area contributed by atoms with Gasteiger partial charge in [0.1, 0.15) is 17.6 Å². The SMILES string of the molecule is OC(c1ccc[c]c1F)c1c[nH]c2ncc(Br)cc12. The Kier molecular flexibility index (Phi) is 3.08. The van der Waals surface area contributed by atoms with Crippen LogP contribution in [0.15, 0.2) is 41.1 Å². The molecule has 0 aliphatic heterocycles. The summed E-state index contributed by atoms with van der Waals surface area (Å²) in [6.45, 7) is 0. The van der Waals surface area contributed by atoms with Gasteiger partial charge in [-0.1, -0.05) is 18.2 Å². The van der Waals surface area contributed by atoms with Crippen LogP contribution in [0.1, 0.15) is 17.2 Å². The zero-order chi connectivity index (χ0) is 13.4. The number of aliphatic hydroxyl groups excluding tert-OH is 1. The molecule has 0 bridgehead atoms. The monoisotopic (exact) mass is 319 g/mol. The van der Waals surface area contributed by atoms with Gasteiger partial charge in [-0.3, -0.25) is 0 Å². The number of rotatable bonds is 2. The molecule has 0 amide bonds. The van der Waals surface area contributed by atoms with Crippen molar-refractivity contribution >= 4 is 27.0 Å². The first-order chi connectivity index (χ1) is 9.16. The fraction of sp³-hybridized carbons (Fsp3) is 0.0714. The van der Waals surface area contributed by atoms with Crippen molar-refractivity contribution in [3.8, 4) is 0 Å². The molecule has 0 aliphatic carbocycles. The van der Waals surface area contributed by atoms with Gasteiger partial charge in [0.25, 0.3) is 0 Å². The Balaban J connectivity index is 2.14. The van der Waals surface area contributed by atoms with E-state index in [2.05, 4.69) is 32.0 Å². The van der Waals surface area contributed by atoms with Crippen molar-refractivity contribution in [3.63, 3.8) is 0 Å². The largest absolute Gasteiger partial charge is 0.383 e. The summed E-state index contributed by atoms with van der Waals surface area (Å²) < 4.78 is 14.5. The van der Waals surface area contributed by atoms with E-state index in [0.717, 1.165) is 9.86 Å². The predicted octanol–water partition coefficient (Wildman–Crippen LogP) is 3.35. The van der Waals surface area contributed by atoms with Crippen LogP contribution in [0.3, 0.4) is 0 Å². The second-order valence-electron chi connectivity index (χ2n) is 4.14. The number of pyridine rings is 1. The van der Waals surface area contributed by atoms with Crippen LogP contribution in [0.5, 0.6) is 0 Å². The van der Waals surface area contributed by atoms with Crippen molar-refractivity contribution in [2.24, 2.45) is 0 Å². The summed E-state index contributed by atoms with van der Waals surface area (Å²) >= 11 is 3.33. The Labute approximate surface area is 117 Å². The Bertz CT molecular complexity index is 741. The van der Waals surface area contributed by atoms with E-state index in [1.54, 1.807) is 24.5 Å². The van der Waals surface area contributed by atoms with Crippen molar-refractivity contribution in [2.45, 2.75) is 6.10 Å². The summed E-state index contributed by atoms with van der Waals surface area (Å²) in [5.41, 5.74) is 1.43. The molecule has 1 atom stereocenters. The Morgan fingerprint density at radius 3 is 3.05 bits per heavy atom. The highest BCUT2D eigenvalue weighted by atomic mass is 79.9. The fourth-order valence-corrected chi connectivity index (χ4v) is 2.36.